The maximum Gasteiger partial charge on any atom is 0.274 e. The average molecular weight is 506 g/mol. The highest BCUT2D eigenvalue weighted by molar-refractivity contribution is 6.16. The van der Waals surface area contributed by atoms with Crippen LogP contribution in [0.15, 0.2) is 38.3 Å². The summed E-state index contributed by atoms with van der Waals surface area (Å²) in [5, 5.41) is 14.5. The Balaban J connectivity index is 1.81. The number of hydrogen-bond acceptors (Lipinski definition) is 7. The molecule has 0 spiro atoms. The monoisotopic (exact) mass is 505 g/mol. The van der Waals surface area contributed by atoms with E-state index in [0.717, 1.165) is 25.7 Å². The molecule has 0 amide bonds. The summed E-state index contributed by atoms with van der Waals surface area (Å²) in [6, 6.07) is 6.54. The van der Waals surface area contributed by atoms with E-state index in [1.54, 1.807) is 18.2 Å². The number of aromatic nitrogens is 3. The highest BCUT2D eigenvalue weighted by Gasteiger charge is 2.29. The molecule has 10 heteroatoms. The van der Waals surface area contributed by atoms with E-state index in [-0.39, 0.29) is 17.2 Å². The molecule has 3 N–H and O–H groups in total. The molecule has 3 heterocycles. The predicted molar refractivity (Wildman–Crippen MR) is 139 cm³/mol. The lowest BCUT2D eigenvalue weighted by Crippen LogP contribution is -2.16. The Kier molecular flexibility index (Phi) is 5.40. The summed E-state index contributed by atoms with van der Waals surface area (Å²) >= 11 is 0. The van der Waals surface area contributed by atoms with Crippen molar-refractivity contribution in [1.29, 1.82) is 0 Å². The molecule has 0 bridgehead atoms. The number of pyridine rings is 1. The zero-order valence-electron chi connectivity index (χ0n) is 20.8. The van der Waals surface area contributed by atoms with Gasteiger partial charge in [0.15, 0.2) is 22.7 Å². The second kappa shape index (κ2) is 8.65. The van der Waals surface area contributed by atoms with Crippen molar-refractivity contribution in [1.82, 2.24) is 14.8 Å². The highest BCUT2D eigenvalue weighted by atomic mass is 16.5. The molecule has 0 atom stereocenters. The van der Waals surface area contributed by atoms with Crippen LogP contribution >= 0.6 is 0 Å². The van der Waals surface area contributed by atoms with Gasteiger partial charge >= 0.3 is 0 Å². The molecular formula is C27H27N3O7. The second-order valence-electron chi connectivity index (χ2n) is 9.30. The van der Waals surface area contributed by atoms with Gasteiger partial charge in [-0.1, -0.05) is 19.3 Å². The number of nitrogens with zero attached hydrogens (tertiary/aromatic N) is 1. The summed E-state index contributed by atoms with van der Waals surface area (Å²) in [5.41, 5.74) is 1.66. The summed E-state index contributed by atoms with van der Waals surface area (Å²) in [4.78, 5) is 29.1. The molecule has 1 fully saturated rings. The number of nitrogens with one attached hydrogen (secondary N) is 2. The number of fused-ring (bicyclic) bond motifs is 4. The lowest BCUT2D eigenvalue weighted by Gasteiger charge is -2.23. The Morgan fingerprint density at radius 1 is 0.946 bits per heavy atom. The van der Waals surface area contributed by atoms with E-state index in [0.29, 0.717) is 55.9 Å². The lowest BCUT2D eigenvalue weighted by atomic mass is 9.95. The van der Waals surface area contributed by atoms with Crippen LogP contribution in [0.5, 0.6) is 23.0 Å². The number of H-pyrrole nitrogens is 2. The number of methoxy groups -OCH3 is 3. The summed E-state index contributed by atoms with van der Waals surface area (Å²) in [6.45, 7) is 0. The van der Waals surface area contributed by atoms with Crippen molar-refractivity contribution in [2.75, 3.05) is 21.3 Å². The van der Waals surface area contributed by atoms with E-state index in [2.05, 4.69) is 10.1 Å². The Bertz CT molecular complexity index is 1780. The van der Waals surface area contributed by atoms with Gasteiger partial charge in [-0.3, -0.25) is 19.4 Å². The van der Waals surface area contributed by atoms with Gasteiger partial charge in [-0.25, -0.2) is 0 Å². The molecule has 192 valence electrons. The van der Waals surface area contributed by atoms with Gasteiger partial charge in [0, 0.05) is 16.5 Å². The first-order valence-electron chi connectivity index (χ1n) is 12.2. The van der Waals surface area contributed by atoms with Crippen molar-refractivity contribution in [3.63, 3.8) is 0 Å². The molecule has 1 aliphatic rings. The van der Waals surface area contributed by atoms with Crippen LogP contribution in [-0.4, -0.2) is 41.2 Å². The Morgan fingerprint density at radius 2 is 1.70 bits per heavy atom. The van der Waals surface area contributed by atoms with Crippen LogP contribution in [0.4, 0.5) is 0 Å². The van der Waals surface area contributed by atoms with Gasteiger partial charge in [0.05, 0.1) is 38.3 Å². The van der Waals surface area contributed by atoms with Gasteiger partial charge in [-0.2, -0.15) is 0 Å². The molecule has 2 aromatic carbocycles. The molecule has 10 nitrogen and oxygen atoms in total. The fourth-order valence-electron chi connectivity index (χ4n) is 5.63. The van der Waals surface area contributed by atoms with Gasteiger partial charge in [0.1, 0.15) is 5.65 Å². The smallest absolute Gasteiger partial charge is 0.274 e. The van der Waals surface area contributed by atoms with Crippen molar-refractivity contribution < 1.29 is 23.7 Å². The molecule has 3 aromatic heterocycles. The zero-order chi connectivity index (χ0) is 25.8. The van der Waals surface area contributed by atoms with Crippen molar-refractivity contribution in [3.8, 4) is 34.1 Å². The number of rotatable bonds is 5. The predicted octanol–water partition coefficient (Wildman–Crippen LogP) is 4.82. The minimum absolute atomic E-state index is 0.0488. The van der Waals surface area contributed by atoms with Crippen LogP contribution in [0.25, 0.3) is 44.2 Å². The number of ether oxygens (including phenoxy) is 3. The molecule has 0 saturated heterocycles. The summed E-state index contributed by atoms with van der Waals surface area (Å²) in [7, 11) is 4.55. The molecule has 0 aliphatic heterocycles. The van der Waals surface area contributed by atoms with Crippen LogP contribution in [0.3, 0.4) is 0 Å². The Morgan fingerprint density at radius 3 is 2.41 bits per heavy atom. The first-order valence-corrected chi connectivity index (χ1v) is 12.2. The SMILES string of the molecule is COc1ccc(-c2c3oc4c(O)c(=O)ccc4c3[nH]c3c2c(=O)[nH]n3C2CCCCC2)c(OC)c1OC. The maximum atomic E-state index is 13.6. The van der Waals surface area contributed by atoms with Crippen molar-refractivity contribution in [2.24, 2.45) is 0 Å². The first kappa shape index (κ1) is 23.1. The minimum Gasteiger partial charge on any atom is -0.502 e. The molecule has 5 aromatic rings. The molecule has 1 saturated carbocycles. The molecule has 37 heavy (non-hydrogen) atoms. The van der Waals surface area contributed by atoms with Gasteiger partial charge < -0.3 is 28.7 Å². The van der Waals surface area contributed by atoms with Gasteiger partial charge in [0.2, 0.25) is 16.9 Å². The van der Waals surface area contributed by atoms with Crippen LogP contribution in [0.2, 0.25) is 0 Å². The number of aromatic hydroxyl groups is 1. The highest BCUT2D eigenvalue weighted by Crippen LogP contribution is 2.49. The number of aromatic amines is 2. The van der Waals surface area contributed by atoms with Crippen molar-refractivity contribution in [3.05, 3.63) is 44.8 Å². The van der Waals surface area contributed by atoms with Crippen LogP contribution < -0.4 is 25.2 Å². The van der Waals surface area contributed by atoms with Gasteiger partial charge in [0.25, 0.3) is 5.56 Å². The fourth-order valence-corrected chi connectivity index (χ4v) is 5.63. The molecule has 0 radical (unpaired) electrons. The van der Waals surface area contributed by atoms with E-state index in [1.807, 2.05) is 4.68 Å². The number of phenolic OH excluding ortho intramolecular Hbond substituents is 1. The summed E-state index contributed by atoms with van der Waals surface area (Å²) in [5.74, 6) is 0.696. The number of benzene rings is 2. The van der Waals surface area contributed by atoms with E-state index in [4.69, 9.17) is 18.6 Å². The maximum absolute atomic E-state index is 13.6. The lowest BCUT2D eigenvalue weighted by molar-refractivity contribution is 0.325. The topological polar surface area (TPSA) is 132 Å². The van der Waals surface area contributed by atoms with E-state index in [1.165, 1.54) is 33.8 Å². The van der Waals surface area contributed by atoms with Crippen LogP contribution in [-0.2, 0) is 0 Å². The first-order chi connectivity index (χ1) is 18.0. The molecule has 0 unspecified atom stereocenters. The summed E-state index contributed by atoms with van der Waals surface area (Å²) in [6.07, 6.45) is 5.24. The van der Waals surface area contributed by atoms with Gasteiger partial charge in [-0.05, 0) is 37.1 Å². The molecule has 6 rings (SSSR count). The number of phenols is 1. The van der Waals surface area contributed by atoms with Gasteiger partial charge in [-0.15, -0.1) is 0 Å². The summed E-state index contributed by atoms with van der Waals surface area (Å²) < 4.78 is 24.9. The Labute approximate surface area is 210 Å². The molecular weight excluding hydrogens is 478 g/mol. The average Bonchev–Trinajstić information content (AvgIpc) is 3.47. The van der Waals surface area contributed by atoms with Crippen LogP contribution in [0, 0.1) is 0 Å². The van der Waals surface area contributed by atoms with Crippen molar-refractivity contribution in [2.45, 2.75) is 38.1 Å². The van der Waals surface area contributed by atoms with Crippen LogP contribution in [0.1, 0.15) is 38.1 Å². The molecule has 1 aliphatic carbocycles. The third kappa shape index (κ3) is 3.32. The van der Waals surface area contributed by atoms with E-state index >= 15 is 0 Å². The zero-order valence-corrected chi connectivity index (χ0v) is 20.8. The normalized spacial score (nSPS) is 14.6. The van der Waals surface area contributed by atoms with Crippen molar-refractivity contribution >= 4 is 33.1 Å². The largest absolute Gasteiger partial charge is 0.502 e. The van der Waals surface area contributed by atoms with E-state index in [9.17, 15) is 14.7 Å². The number of furan rings is 1. The standard InChI is InChI=1S/C27H27N3O7/c1-34-17-12-10-14(23(35-2)24(17)36-3)18-19-26(30(29-27(19)33)13-7-5-4-6-8-13)28-20-15-9-11-16(31)21(32)22(15)37-25(18)20/h9-13,28,32H,4-8H2,1-3H3,(H,29,33). The number of hydrogen-bond donors (Lipinski definition) is 3. The fraction of sp³-hybridized carbons (Fsp3) is 0.333. The second-order valence-corrected chi connectivity index (χ2v) is 9.30. The van der Waals surface area contributed by atoms with E-state index < -0.39 is 11.2 Å². The third-order valence-corrected chi connectivity index (χ3v) is 7.36. The Hall–Kier alpha value is -4.34. The third-order valence-electron chi connectivity index (χ3n) is 7.36. The quantitative estimate of drug-likeness (QED) is 0.312. The minimum atomic E-state index is -0.550.